The molecule has 1 aromatic rings. The molecule has 1 rings (SSSR count). The quantitative estimate of drug-likeness (QED) is 0.897. The molecule has 3 nitrogen and oxygen atoms in total. The second-order valence-electron chi connectivity index (χ2n) is 4.30. The van der Waals surface area contributed by atoms with Gasteiger partial charge in [0.1, 0.15) is 0 Å². The van der Waals surface area contributed by atoms with E-state index in [2.05, 4.69) is 15.9 Å². The Morgan fingerprint density at radius 1 is 1.38 bits per heavy atom. The molecular formula is C12H15BrO3. The highest BCUT2D eigenvalue weighted by Gasteiger charge is 2.30. The lowest BCUT2D eigenvalue weighted by atomic mass is 9.94. The van der Waals surface area contributed by atoms with Crippen molar-refractivity contribution < 1.29 is 15.0 Å². The summed E-state index contributed by atoms with van der Waals surface area (Å²) >= 11 is 3.44. The number of carboxylic acids is 1. The predicted molar refractivity (Wildman–Crippen MR) is 65.6 cm³/mol. The summed E-state index contributed by atoms with van der Waals surface area (Å²) in [5, 5.41) is 18.5. The average Bonchev–Trinajstić information content (AvgIpc) is 2.13. The maximum Gasteiger partial charge on any atom is 0.335 e. The summed E-state index contributed by atoms with van der Waals surface area (Å²) in [6.07, 6.45) is 0.108. The summed E-state index contributed by atoms with van der Waals surface area (Å²) < 4.78 is 1.02. The van der Waals surface area contributed by atoms with Gasteiger partial charge in [0.15, 0.2) is 5.60 Å². The van der Waals surface area contributed by atoms with Crippen molar-refractivity contribution in [1.29, 1.82) is 0 Å². The van der Waals surface area contributed by atoms with Gasteiger partial charge in [-0.2, -0.15) is 0 Å². The second kappa shape index (κ2) is 4.55. The number of hydrogen-bond acceptors (Lipinski definition) is 2. The molecule has 0 saturated carbocycles. The second-order valence-corrected chi connectivity index (χ2v) is 5.09. The maximum atomic E-state index is 10.8. The Morgan fingerprint density at radius 3 is 2.19 bits per heavy atom. The Morgan fingerprint density at radius 2 is 1.81 bits per heavy atom. The Bertz CT molecular complexity index is 401. The molecule has 0 aliphatic heterocycles. The molecule has 0 fully saturated rings. The van der Waals surface area contributed by atoms with Crippen molar-refractivity contribution in [3.8, 4) is 0 Å². The summed E-state index contributed by atoms with van der Waals surface area (Å²) in [5.41, 5.74) is 1.19. The molecular weight excluding hydrogens is 272 g/mol. The summed E-state index contributed by atoms with van der Waals surface area (Å²) in [4.78, 5) is 10.8. The molecule has 0 aliphatic rings. The molecule has 0 radical (unpaired) electrons. The Hall–Kier alpha value is -0.870. The van der Waals surface area contributed by atoms with Crippen LogP contribution in [0.1, 0.15) is 23.6 Å². The van der Waals surface area contributed by atoms with Gasteiger partial charge in [-0.25, -0.2) is 4.79 Å². The van der Waals surface area contributed by atoms with Gasteiger partial charge in [0.05, 0.1) is 0 Å². The summed E-state index contributed by atoms with van der Waals surface area (Å²) in [6.45, 7) is 5.19. The number of carbonyl (C=O) groups is 1. The SMILES string of the molecule is Cc1cc(CC(C)(O)C(=O)O)cc(C)c1Br. The van der Waals surface area contributed by atoms with Gasteiger partial charge in [0.25, 0.3) is 0 Å². The van der Waals surface area contributed by atoms with E-state index in [1.54, 1.807) is 0 Å². The fourth-order valence-electron chi connectivity index (χ4n) is 1.61. The number of aliphatic carboxylic acids is 1. The van der Waals surface area contributed by atoms with Gasteiger partial charge in [-0.3, -0.25) is 0 Å². The summed E-state index contributed by atoms with van der Waals surface area (Å²) in [5.74, 6) is -1.20. The molecule has 0 saturated heterocycles. The van der Waals surface area contributed by atoms with E-state index in [-0.39, 0.29) is 6.42 Å². The molecule has 0 aliphatic carbocycles. The van der Waals surface area contributed by atoms with E-state index in [4.69, 9.17) is 5.11 Å². The molecule has 2 N–H and O–H groups in total. The zero-order chi connectivity index (χ0) is 12.5. The zero-order valence-electron chi connectivity index (χ0n) is 9.54. The molecule has 4 heteroatoms. The molecule has 1 atom stereocenters. The number of halogens is 1. The van der Waals surface area contributed by atoms with Crippen LogP contribution in [0.2, 0.25) is 0 Å². The van der Waals surface area contributed by atoms with Gasteiger partial charge in [-0.1, -0.05) is 28.1 Å². The zero-order valence-corrected chi connectivity index (χ0v) is 11.1. The standard InChI is InChI=1S/C12H15BrO3/c1-7-4-9(5-8(2)10(7)13)6-12(3,16)11(14)15/h4-5,16H,6H2,1-3H3,(H,14,15). The molecule has 16 heavy (non-hydrogen) atoms. The predicted octanol–water partition coefficient (Wildman–Crippen LogP) is 2.44. The molecule has 0 bridgehead atoms. The Labute approximate surface area is 103 Å². The van der Waals surface area contributed by atoms with Gasteiger partial charge >= 0.3 is 5.97 Å². The number of aliphatic hydroxyl groups is 1. The van der Waals surface area contributed by atoms with E-state index < -0.39 is 11.6 Å². The van der Waals surface area contributed by atoms with Crippen LogP contribution in [-0.2, 0) is 11.2 Å². The van der Waals surface area contributed by atoms with Crippen LogP contribution in [0.3, 0.4) is 0 Å². The highest BCUT2D eigenvalue weighted by atomic mass is 79.9. The third kappa shape index (κ3) is 2.83. The van der Waals surface area contributed by atoms with Gasteiger partial charge in [-0.05, 0) is 37.5 Å². The third-order valence-corrected chi connectivity index (χ3v) is 3.76. The first-order valence-electron chi connectivity index (χ1n) is 4.95. The summed E-state index contributed by atoms with van der Waals surface area (Å²) in [7, 11) is 0. The first kappa shape index (κ1) is 13.2. The Kier molecular flexibility index (Phi) is 3.76. The van der Waals surface area contributed by atoms with E-state index in [1.807, 2.05) is 26.0 Å². The van der Waals surface area contributed by atoms with Gasteiger partial charge < -0.3 is 10.2 Å². The van der Waals surface area contributed by atoms with Crippen LogP contribution in [-0.4, -0.2) is 21.8 Å². The maximum absolute atomic E-state index is 10.8. The van der Waals surface area contributed by atoms with Crippen molar-refractivity contribution in [2.75, 3.05) is 0 Å². The third-order valence-electron chi connectivity index (χ3n) is 2.51. The lowest BCUT2D eigenvalue weighted by Gasteiger charge is -2.18. The lowest BCUT2D eigenvalue weighted by molar-refractivity contribution is -0.156. The number of hydrogen-bond donors (Lipinski definition) is 2. The van der Waals surface area contributed by atoms with Crippen molar-refractivity contribution in [3.63, 3.8) is 0 Å². The molecule has 1 aromatic carbocycles. The van der Waals surface area contributed by atoms with Crippen molar-refractivity contribution in [2.24, 2.45) is 0 Å². The minimum absolute atomic E-state index is 0.108. The van der Waals surface area contributed by atoms with Gasteiger partial charge in [0, 0.05) is 10.9 Å². The molecule has 0 aromatic heterocycles. The van der Waals surface area contributed by atoms with Crippen LogP contribution in [0.15, 0.2) is 16.6 Å². The monoisotopic (exact) mass is 286 g/mol. The summed E-state index contributed by atoms with van der Waals surface area (Å²) in [6, 6.07) is 3.77. The molecule has 0 heterocycles. The van der Waals surface area contributed by atoms with Crippen LogP contribution >= 0.6 is 15.9 Å². The molecule has 88 valence electrons. The molecule has 0 amide bonds. The van der Waals surface area contributed by atoms with Crippen LogP contribution in [0, 0.1) is 13.8 Å². The van der Waals surface area contributed by atoms with E-state index >= 15 is 0 Å². The minimum Gasteiger partial charge on any atom is -0.479 e. The topological polar surface area (TPSA) is 57.5 Å². The van der Waals surface area contributed by atoms with Crippen molar-refractivity contribution >= 4 is 21.9 Å². The number of rotatable bonds is 3. The van der Waals surface area contributed by atoms with Crippen LogP contribution in [0.25, 0.3) is 0 Å². The number of aryl methyl sites for hydroxylation is 2. The fourth-order valence-corrected chi connectivity index (χ4v) is 1.84. The highest BCUT2D eigenvalue weighted by molar-refractivity contribution is 9.10. The van der Waals surface area contributed by atoms with Crippen LogP contribution in [0.4, 0.5) is 0 Å². The van der Waals surface area contributed by atoms with Crippen molar-refractivity contribution in [1.82, 2.24) is 0 Å². The van der Waals surface area contributed by atoms with Gasteiger partial charge in [0.2, 0.25) is 0 Å². The largest absolute Gasteiger partial charge is 0.479 e. The van der Waals surface area contributed by atoms with E-state index in [9.17, 15) is 9.90 Å². The lowest BCUT2D eigenvalue weighted by Crippen LogP contribution is -2.37. The fraction of sp³-hybridized carbons (Fsp3) is 0.417. The highest BCUT2D eigenvalue weighted by Crippen LogP contribution is 2.24. The van der Waals surface area contributed by atoms with Crippen molar-refractivity contribution in [3.05, 3.63) is 33.3 Å². The molecule has 1 unspecified atom stereocenters. The minimum atomic E-state index is -1.72. The first-order chi connectivity index (χ1) is 7.24. The van der Waals surface area contributed by atoms with Crippen molar-refractivity contribution in [2.45, 2.75) is 32.8 Å². The van der Waals surface area contributed by atoms with E-state index in [1.165, 1.54) is 6.92 Å². The van der Waals surface area contributed by atoms with E-state index in [0.717, 1.165) is 21.2 Å². The van der Waals surface area contributed by atoms with Gasteiger partial charge in [-0.15, -0.1) is 0 Å². The molecule has 0 spiro atoms. The number of carboxylic acid groups (broad SMARTS) is 1. The van der Waals surface area contributed by atoms with Crippen LogP contribution < -0.4 is 0 Å². The smallest absolute Gasteiger partial charge is 0.335 e. The Balaban J connectivity index is 3.04. The average molecular weight is 287 g/mol. The first-order valence-corrected chi connectivity index (χ1v) is 5.75. The normalized spacial score (nSPS) is 14.6. The van der Waals surface area contributed by atoms with Crippen LogP contribution in [0.5, 0.6) is 0 Å². The van der Waals surface area contributed by atoms with E-state index in [0.29, 0.717) is 0 Å². The number of benzene rings is 1.